The highest BCUT2D eigenvalue weighted by Crippen LogP contribution is 2.35. The average Bonchev–Trinajstić information content (AvgIpc) is 3.19. The van der Waals surface area contributed by atoms with Crippen molar-refractivity contribution in [3.05, 3.63) is 54.1 Å². The summed E-state index contributed by atoms with van der Waals surface area (Å²) in [4.78, 5) is 24.8. The molecule has 3 unspecified atom stereocenters. The minimum absolute atomic E-state index is 0.0702. The van der Waals surface area contributed by atoms with Gasteiger partial charge in [0.25, 0.3) is 0 Å². The first kappa shape index (κ1) is 27.7. The molecule has 0 radical (unpaired) electrons. The zero-order valence-corrected chi connectivity index (χ0v) is 21.0. The molecule has 196 valence electrons. The van der Waals surface area contributed by atoms with Crippen LogP contribution in [0.3, 0.4) is 0 Å². The van der Waals surface area contributed by atoms with E-state index in [-0.39, 0.29) is 28.7 Å². The van der Waals surface area contributed by atoms with Gasteiger partial charge in [-0.2, -0.15) is 13.2 Å². The second kappa shape index (κ2) is 11.0. The Bertz CT molecular complexity index is 1180. The number of carbonyl (C=O) groups excluding carboxylic acids is 2. The predicted octanol–water partition coefficient (Wildman–Crippen LogP) is 3.37. The molecule has 36 heavy (non-hydrogen) atoms. The molecular formula is C25H30F3N3O4S. The molecule has 0 spiro atoms. The number of hydrogen-bond acceptors (Lipinski definition) is 5. The van der Waals surface area contributed by atoms with Crippen LogP contribution in [0.15, 0.2) is 53.4 Å². The van der Waals surface area contributed by atoms with Crippen molar-refractivity contribution in [3.8, 4) is 11.1 Å². The molecule has 2 aromatic rings. The summed E-state index contributed by atoms with van der Waals surface area (Å²) in [5.74, 6) is -1.07. The molecule has 0 aliphatic carbocycles. The van der Waals surface area contributed by atoms with E-state index in [1.165, 1.54) is 36.4 Å². The molecule has 3 N–H and O–H groups in total. The van der Waals surface area contributed by atoms with Crippen molar-refractivity contribution in [2.75, 3.05) is 12.8 Å². The molecule has 2 aromatic carbocycles. The number of rotatable bonds is 9. The molecule has 1 heterocycles. The molecule has 1 fully saturated rings. The fourth-order valence-corrected chi connectivity index (χ4v) is 4.70. The van der Waals surface area contributed by atoms with Crippen molar-refractivity contribution >= 4 is 21.7 Å². The maximum absolute atomic E-state index is 14.1. The largest absolute Gasteiger partial charge is 0.407 e. The van der Waals surface area contributed by atoms with Crippen LogP contribution in [-0.2, 0) is 19.4 Å². The zero-order valence-electron chi connectivity index (χ0n) is 20.2. The van der Waals surface area contributed by atoms with Crippen molar-refractivity contribution in [2.45, 2.75) is 55.9 Å². The highest BCUT2D eigenvalue weighted by molar-refractivity contribution is 7.90. The molecule has 11 heteroatoms. The van der Waals surface area contributed by atoms with Gasteiger partial charge in [0.1, 0.15) is 12.1 Å². The van der Waals surface area contributed by atoms with Crippen molar-refractivity contribution in [2.24, 2.45) is 5.92 Å². The Hall–Kier alpha value is -2.92. The summed E-state index contributed by atoms with van der Waals surface area (Å²) in [5, 5.41) is 7.63. The Morgan fingerprint density at radius 2 is 1.61 bits per heavy atom. The van der Waals surface area contributed by atoms with Gasteiger partial charge in [-0.05, 0) is 47.6 Å². The van der Waals surface area contributed by atoms with E-state index in [0.29, 0.717) is 24.1 Å². The van der Waals surface area contributed by atoms with Gasteiger partial charge in [-0.15, -0.1) is 0 Å². The lowest BCUT2D eigenvalue weighted by molar-refractivity contribution is -0.161. The Kier molecular flexibility index (Phi) is 8.45. The normalized spacial score (nSPS) is 18.1. The van der Waals surface area contributed by atoms with Crippen molar-refractivity contribution in [3.63, 3.8) is 0 Å². The maximum atomic E-state index is 14.1. The molecule has 1 saturated heterocycles. The topological polar surface area (TPSA) is 104 Å². The fraction of sp³-hybridized carbons (Fsp3) is 0.440. The molecular weight excluding hydrogens is 495 g/mol. The van der Waals surface area contributed by atoms with Crippen LogP contribution in [0.25, 0.3) is 11.1 Å². The van der Waals surface area contributed by atoms with E-state index in [1.807, 2.05) is 0 Å². The quantitative estimate of drug-likeness (QED) is 0.466. The zero-order chi connectivity index (χ0) is 26.7. The van der Waals surface area contributed by atoms with Gasteiger partial charge >= 0.3 is 6.18 Å². The lowest BCUT2D eigenvalue weighted by Gasteiger charge is -2.29. The van der Waals surface area contributed by atoms with Crippen molar-refractivity contribution < 1.29 is 31.2 Å². The summed E-state index contributed by atoms with van der Waals surface area (Å²) in [6.45, 7) is 4.01. The second-order valence-electron chi connectivity index (χ2n) is 9.38. The first-order valence-corrected chi connectivity index (χ1v) is 13.5. The summed E-state index contributed by atoms with van der Waals surface area (Å²) in [6.07, 6.45) is -3.05. The third-order valence-electron chi connectivity index (χ3n) is 5.94. The molecule has 3 atom stereocenters. The number of benzene rings is 2. The van der Waals surface area contributed by atoms with E-state index in [2.05, 4.69) is 16.0 Å². The average molecular weight is 526 g/mol. The molecule has 1 aliphatic rings. The van der Waals surface area contributed by atoms with E-state index < -0.39 is 40.0 Å². The van der Waals surface area contributed by atoms with E-state index in [9.17, 15) is 31.2 Å². The van der Waals surface area contributed by atoms with Crippen LogP contribution in [0, 0.1) is 5.92 Å². The van der Waals surface area contributed by atoms with Gasteiger partial charge < -0.3 is 10.6 Å². The minimum Gasteiger partial charge on any atom is -0.354 e. The summed E-state index contributed by atoms with van der Waals surface area (Å²) >= 11 is 0. The number of alkyl halides is 3. The van der Waals surface area contributed by atoms with Crippen LogP contribution in [-0.4, -0.2) is 51.3 Å². The van der Waals surface area contributed by atoms with Crippen LogP contribution in [0.5, 0.6) is 0 Å². The lowest BCUT2D eigenvalue weighted by Crippen LogP contribution is -2.52. The SMILES string of the molecule is CC(C)CC(NC(c1ccc(-c2ccc(S(C)(=O)=O)cc2)cc1)C(F)(F)F)C(=O)NC1CCNC1=O. The Morgan fingerprint density at radius 3 is 2.06 bits per heavy atom. The van der Waals surface area contributed by atoms with Gasteiger partial charge in [0, 0.05) is 12.8 Å². The minimum atomic E-state index is -4.68. The van der Waals surface area contributed by atoms with E-state index in [4.69, 9.17) is 0 Å². The van der Waals surface area contributed by atoms with Gasteiger partial charge in [-0.1, -0.05) is 50.2 Å². The van der Waals surface area contributed by atoms with Gasteiger partial charge in [0.15, 0.2) is 9.84 Å². The number of amides is 2. The monoisotopic (exact) mass is 525 g/mol. The number of sulfone groups is 1. The smallest absolute Gasteiger partial charge is 0.354 e. The first-order chi connectivity index (χ1) is 16.8. The Balaban J connectivity index is 1.82. The van der Waals surface area contributed by atoms with Gasteiger partial charge in [-0.3, -0.25) is 14.9 Å². The van der Waals surface area contributed by atoms with Gasteiger partial charge in [-0.25, -0.2) is 8.42 Å². The van der Waals surface area contributed by atoms with Crippen LogP contribution in [0.1, 0.15) is 38.3 Å². The molecule has 0 saturated carbocycles. The highest BCUT2D eigenvalue weighted by atomic mass is 32.2. The number of carbonyl (C=O) groups is 2. The van der Waals surface area contributed by atoms with Crippen molar-refractivity contribution in [1.82, 2.24) is 16.0 Å². The third-order valence-corrected chi connectivity index (χ3v) is 7.07. The number of nitrogens with one attached hydrogen (secondary N) is 3. The van der Waals surface area contributed by atoms with Crippen LogP contribution in [0.4, 0.5) is 13.2 Å². The standard InChI is InChI=1S/C25H30F3N3O4S/c1-15(2)14-21(24(33)31-20-12-13-29-23(20)32)30-22(25(26,27)28)18-6-4-16(5-7-18)17-8-10-19(11-9-17)36(3,34)35/h4-11,15,20-22,30H,12-14H2,1-3H3,(H,29,32)(H,31,33). The number of halogens is 3. The van der Waals surface area contributed by atoms with Crippen LogP contribution >= 0.6 is 0 Å². The summed E-state index contributed by atoms with van der Waals surface area (Å²) in [5.41, 5.74) is 1.19. The maximum Gasteiger partial charge on any atom is 0.407 e. The first-order valence-electron chi connectivity index (χ1n) is 11.6. The molecule has 0 aromatic heterocycles. The summed E-state index contributed by atoms with van der Waals surface area (Å²) < 4.78 is 65.6. The van der Waals surface area contributed by atoms with Gasteiger partial charge in [0.05, 0.1) is 10.9 Å². The van der Waals surface area contributed by atoms with E-state index in [1.54, 1.807) is 26.0 Å². The molecule has 2 amide bonds. The molecule has 7 nitrogen and oxygen atoms in total. The Morgan fingerprint density at radius 1 is 1.06 bits per heavy atom. The Labute approximate surface area is 208 Å². The number of hydrogen-bond donors (Lipinski definition) is 3. The summed E-state index contributed by atoms with van der Waals surface area (Å²) in [6, 6.07) is 7.75. The fourth-order valence-electron chi connectivity index (χ4n) is 4.07. The van der Waals surface area contributed by atoms with E-state index >= 15 is 0 Å². The molecule has 0 bridgehead atoms. The second-order valence-corrected chi connectivity index (χ2v) is 11.4. The van der Waals surface area contributed by atoms with Crippen LogP contribution < -0.4 is 16.0 Å². The lowest BCUT2D eigenvalue weighted by atomic mass is 9.97. The predicted molar refractivity (Wildman–Crippen MR) is 130 cm³/mol. The third kappa shape index (κ3) is 7.07. The van der Waals surface area contributed by atoms with Crippen molar-refractivity contribution in [1.29, 1.82) is 0 Å². The summed E-state index contributed by atoms with van der Waals surface area (Å²) in [7, 11) is -3.36. The van der Waals surface area contributed by atoms with Gasteiger partial charge in [0.2, 0.25) is 11.8 Å². The van der Waals surface area contributed by atoms with Crippen LogP contribution in [0.2, 0.25) is 0 Å². The van der Waals surface area contributed by atoms with E-state index in [0.717, 1.165) is 6.26 Å². The molecule has 1 aliphatic heterocycles. The highest BCUT2D eigenvalue weighted by Gasteiger charge is 2.43. The molecule has 3 rings (SSSR count).